The first-order valence-electron chi connectivity index (χ1n) is 5.80. The van der Waals surface area contributed by atoms with Crippen LogP contribution in [-0.4, -0.2) is 25.0 Å². The lowest BCUT2D eigenvalue weighted by atomic mass is 10.2. The van der Waals surface area contributed by atoms with Crippen LogP contribution < -0.4 is 5.32 Å². The number of rotatable bonds is 3. The Hall–Kier alpha value is -1.41. The second kappa shape index (κ2) is 5.17. The van der Waals surface area contributed by atoms with Gasteiger partial charge in [0.25, 0.3) is 0 Å². The van der Waals surface area contributed by atoms with Crippen LogP contribution in [-0.2, 0) is 9.47 Å². The largest absolute Gasteiger partial charge is 0.377 e. The molecule has 0 aromatic heterocycles. The molecule has 0 saturated carbocycles. The fourth-order valence-electron chi connectivity index (χ4n) is 1.84. The summed E-state index contributed by atoms with van der Waals surface area (Å²) in [7, 11) is 0. The van der Waals surface area contributed by atoms with Crippen molar-refractivity contribution in [1.29, 1.82) is 0 Å². The van der Waals surface area contributed by atoms with Gasteiger partial charge >= 0.3 is 0 Å². The third kappa shape index (κ3) is 2.71. The maximum absolute atomic E-state index is 13.4. The standard InChI is InChI=1S/C12H12F5NO2/c1-12(2)19-4-5(20-12)3-18-11-9(16)7(14)6(13)8(15)10(11)17/h5,18H,3-4H2,1-2H3. The second-order valence-electron chi connectivity index (χ2n) is 4.78. The van der Waals surface area contributed by atoms with Crippen LogP contribution in [0, 0.1) is 29.1 Å². The van der Waals surface area contributed by atoms with Gasteiger partial charge in [0.2, 0.25) is 5.82 Å². The van der Waals surface area contributed by atoms with E-state index in [-0.39, 0.29) is 13.2 Å². The van der Waals surface area contributed by atoms with Crippen LogP contribution >= 0.6 is 0 Å². The Bertz CT molecular complexity index is 506. The first kappa shape index (κ1) is 15.0. The zero-order valence-electron chi connectivity index (χ0n) is 10.7. The molecular weight excluding hydrogens is 285 g/mol. The minimum absolute atomic E-state index is 0.148. The summed E-state index contributed by atoms with van der Waals surface area (Å²) in [5, 5.41) is 2.17. The second-order valence-corrected chi connectivity index (χ2v) is 4.78. The van der Waals surface area contributed by atoms with Crippen molar-refractivity contribution in [1.82, 2.24) is 0 Å². The Morgan fingerprint density at radius 2 is 1.50 bits per heavy atom. The van der Waals surface area contributed by atoms with Crippen LogP contribution in [0.25, 0.3) is 0 Å². The Morgan fingerprint density at radius 1 is 1.00 bits per heavy atom. The number of hydrogen-bond donors (Lipinski definition) is 1. The minimum Gasteiger partial charge on any atom is -0.377 e. The van der Waals surface area contributed by atoms with E-state index in [0.29, 0.717) is 0 Å². The topological polar surface area (TPSA) is 30.5 Å². The van der Waals surface area contributed by atoms with Gasteiger partial charge in [-0.3, -0.25) is 0 Å². The number of halogens is 5. The van der Waals surface area contributed by atoms with Gasteiger partial charge in [-0.1, -0.05) is 0 Å². The Labute approximate surface area is 111 Å². The summed E-state index contributed by atoms with van der Waals surface area (Å²) in [6.45, 7) is 3.29. The number of nitrogens with one attached hydrogen (secondary N) is 1. The molecule has 8 heteroatoms. The smallest absolute Gasteiger partial charge is 0.200 e. The van der Waals surface area contributed by atoms with Gasteiger partial charge in [0.15, 0.2) is 29.1 Å². The molecule has 112 valence electrons. The molecule has 1 heterocycles. The Balaban J connectivity index is 2.15. The molecule has 0 spiro atoms. The molecule has 2 rings (SSSR count). The van der Waals surface area contributed by atoms with Crippen LogP contribution in [0.5, 0.6) is 0 Å². The summed E-state index contributed by atoms with van der Waals surface area (Å²) in [5.74, 6) is -10.8. The van der Waals surface area contributed by atoms with E-state index in [1.807, 2.05) is 0 Å². The summed E-state index contributed by atoms with van der Waals surface area (Å²) >= 11 is 0. The molecule has 1 saturated heterocycles. The van der Waals surface area contributed by atoms with Gasteiger partial charge in [-0.2, -0.15) is 0 Å². The predicted octanol–water partition coefficient (Wildman–Crippen LogP) is 2.95. The molecular formula is C12H12F5NO2. The Kier molecular flexibility index (Phi) is 3.88. The predicted molar refractivity (Wildman–Crippen MR) is 59.6 cm³/mol. The third-order valence-corrected chi connectivity index (χ3v) is 2.78. The van der Waals surface area contributed by atoms with E-state index in [1.165, 1.54) is 0 Å². The quantitative estimate of drug-likeness (QED) is 0.528. The van der Waals surface area contributed by atoms with Crippen molar-refractivity contribution in [2.24, 2.45) is 0 Å². The average molecular weight is 297 g/mol. The highest BCUT2D eigenvalue weighted by atomic mass is 19.2. The van der Waals surface area contributed by atoms with Crippen molar-refractivity contribution in [3.05, 3.63) is 29.1 Å². The summed E-state index contributed by atoms with van der Waals surface area (Å²) in [6.07, 6.45) is -0.556. The molecule has 1 aliphatic heterocycles. The van der Waals surface area contributed by atoms with Crippen molar-refractivity contribution < 1.29 is 31.4 Å². The van der Waals surface area contributed by atoms with Crippen molar-refractivity contribution in [2.45, 2.75) is 25.7 Å². The molecule has 0 bridgehead atoms. The van der Waals surface area contributed by atoms with E-state index in [2.05, 4.69) is 5.32 Å². The van der Waals surface area contributed by atoms with Crippen molar-refractivity contribution >= 4 is 5.69 Å². The van der Waals surface area contributed by atoms with Crippen LogP contribution in [0.15, 0.2) is 0 Å². The molecule has 1 unspecified atom stereocenters. The fourth-order valence-corrected chi connectivity index (χ4v) is 1.84. The van der Waals surface area contributed by atoms with Crippen LogP contribution in [0.1, 0.15) is 13.8 Å². The average Bonchev–Trinajstić information content (AvgIpc) is 2.73. The molecule has 1 fully saturated rings. The highest BCUT2D eigenvalue weighted by molar-refractivity contribution is 5.47. The third-order valence-electron chi connectivity index (χ3n) is 2.78. The minimum atomic E-state index is -2.19. The Morgan fingerprint density at radius 3 is 1.95 bits per heavy atom. The number of benzene rings is 1. The van der Waals surface area contributed by atoms with Gasteiger partial charge in [-0.05, 0) is 13.8 Å². The van der Waals surface area contributed by atoms with E-state index in [0.717, 1.165) is 0 Å². The highest BCUT2D eigenvalue weighted by Gasteiger charge is 2.33. The van der Waals surface area contributed by atoms with Gasteiger partial charge in [0.1, 0.15) is 11.8 Å². The first-order valence-corrected chi connectivity index (χ1v) is 5.80. The lowest BCUT2D eigenvalue weighted by Crippen LogP contribution is -2.26. The summed E-state index contributed by atoms with van der Waals surface area (Å²) < 4.78 is 76.1. The molecule has 0 aliphatic carbocycles. The van der Waals surface area contributed by atoms with E-state index in [9.17, 15) is 22.0 Å². The summed E-state index contributed by atoms with van der Waals surface area (Å²) in [4.78, 5) is 0. The van der Waals surface area contributed by atoms with Crippen molar-refractivity contribution in [3.63, 3.8) is 0 Å². The highest BCUT2D eigenvalue weighted by Crippen LogP contribution is 2.28. The van der Waals surface area contributed by atoms with Gasteiger partial charge in [-0.15, -0.1) is 0 Å². The van der Waals surface area contributed by atoms with Gasteiger partial charge in [-0.25, -0.2) is 22.0 Å². The molecule has 1 atom stereocenters. The van der Waals surface area contributed by atoms with E-state index in [1.54, 1.807) is 13.8 Å². The van der Waals surface area contributed by atoms with E-state index < -0.39 is 46.7 Å². The monoisotopic (exact) mass is 297 g/mol. The molecule has 1 aromatic carbocycles. The zero-order chi connectivity index (χ0) is 15.1. The zero-order valence-corrected chi connectivity index (χ0v) is 10.7. The molecule has 1 N–H and O–H groups in total. The molecule has 20 heavy (non-hydrogen) atoms. The number of ether oxygens (including phenoxy) is 2. The van der Waals surface area contributed by atoms with E-state index >= 15 is 0 Å². The molecule has 1 aliphatic rings. The van der Waals surface area contributed by atoms with Gasteiger partial charge < -0.3 is 14.8 Å². The van der Waals surface area contributed by atoms with E-state index in [4.69, 9.17) is 9.47 Å². The lowest BCUT2D eigenvalue weighted by molar-refractivity contribution is -0.136. The van der Waals surface area contributed by atoms with Crippen LogP contribution in [0.2, 0.25) is 0 Å². The summed E-state index contributed by atoms with van der Waals surface area (Å²) in [5.41, 5.74) is -1.07. The number of anilines is 1. The first-order chi connectivity index (χ1) is 9.23. The van der Waals surface area contributed by atoms with Gasteiger partial charge in [0, 0.05) is 6.54 Å². The lowest BCUT2D eigenvalue weighted by Gasteiger charge is -2.18. The van der Waals surface area contributed by atoms with Crippen molar-refractivity contribution in [2.75, 3.05) is 18.5 Å². The van der Waals surface area contributed by atoms with Crippen molar-refractivity contribution in [3.8, 4) is 0 Å². The number of hydrogen-bond acceptors (Lipinski definition) is 3. The SMILES string of the molecule is CC1(C)OCC(CNc2c(F)c(F)c(F)c(F)c2F)O1. The maximum Gasteiger partial charge on any atom is 0.200 e. The molecule has 0 amide bonds. The molecule has 3 nitrogen and oxygen atoms in total. The van der Waals surface area contributed by atoms with Crippen LogP contribution in [0.3, 0.4) is 0 Å². The maximum atomic E-state index is 13.4. The molecule has 0 radical (unpaired) electrons. The fraction of sp³-hybridized carbons (Fsp3) is 0.500. The molecule has 1 aromatic rings. The van der Waals surface area contributed by atoms with Crippen LogP contribution in [0.4, 0.5) is 27.6 Å². The van der Waals surface area contributed by atoms with Gasteiger partial charge in [0.05, 0.1) is 6.61 Å². The summed E-state index contributed by atoms with van der Waals surface area (Å²) in [6, 6.07) is 0. The normalized spacial score (nSPS) is 21.2.